The first-order valence-corrected chi connectivity index (χ1v) is 7.13. The van der Waals surface area contributed by atoms with E-state index in [0.29, 0.717) is 5.69 Å². The number of halogens is 1. The summed E-state index contributed by atoms with van der Waals surface area (Å²) in [6.45, 7) is 4.90. The van der Waals surface area contributed by atoms with E-state index in [4.69, 9.17) is 0 Å². The Labute approximate surface area is 116 Å². The predicted octanol–water partition coefficient (Wildman–Crippen LogP) is 2.43. The van der Waals surface area contributed by atoms with Crippen LogP contribution >= 0.6 is 15.9 Å². The van der Waals surface area contributed by atoms with Gasteiger partial charge in [-0.15, -0.1) is 0 Å². The molecule has 1 saturated heterocycles. The van der Waals surface area contributed by atoms with Gasteiger partial charge in [0.05, 0.1) is 12.6 Å². The third-order valence-electron chi connectivity index (χ3n) is 3.44. The van der Waals surface area contributed by atoms with E-state index >= 15 is 0 Å². The minimum Gasteiger partial charge on any atom is -0.394 e. The van der Waals surface area contributed by atoms with E-state index in [1.54, 1.807) is 4.90 Å². The van der Waals surface area contributed by atoms with Crippen LogP contribution in [0.25, 0.3) is 0 Å². The Hall–Kier alpha value is -0.810. The average molecular weight is 315 g/mol. The quantitative estimate of drug-likeness (QED) is 0.931. The number of likely N-dealkylation sites (tertiary alicyclic amines) is 1. The lowest BCUT2D eigenvalue weighted by Gasteiger charge is -2.24. The number of rotatable bonds is 3. The molecular weight excluding hydrogens is 296 g/mol. The summed E-state index contributed by atoms with van der Waals surface area (Å²) in [6.07, 6.45) is 3.80. The lowest BCUT2D eigenvalue weighted by atomic mass is 10.2. The van der Waals surface area contributed by atoms with Gasteiger partial charge in [-0.1, -0.05) is 0 Å². The Bertz CT molecular complexity index is 442. The van der Waals surface area contributed by atoms with Crippen LogP contribution in [0, 0.1) is 0 Å². The van der Waals surface area contributed by atoms with Crippen molar-refractivity contribution in [3.63, 3.8) is 0 Å². The van der Waals surface area contributed by atoms with Crippen molar-refractivity contribution in [2.24, 2.45) is 0 Å². The van der Waals surface area contributed by atoms with Crippen molar-refractivity contribution in [2.45, 2.75) is 38.8 Å². The number of hydrogen-bond acceptors (Lipinski definition) is 2. The maximum absolute atomic E-state index is 12.5. The molecule has 1 fully saturated rings. The zero-order chi connectivity index (χ0) is 13.3. The second-order valence-electron chi connectivity index (χ2n) is 5.02. The number of carbonyl (C=O) groups excluding carboxylic acids is 1. The smallest absolute Gasteiger partial charge is 0.270 e. The van der Waals surface area contributed by atoms with E-state index in [1.165, 1.54) is 0 Å². The van der Waals surface area contributed by atoms with Gasteiger partial charge in [0.2, 0.25) is 0 Å². The maximum Gasteiger partial charge on any atom is 0.270 e. The molecule has 0 spiro atoms. The SMILES string of the molecule is CC(C)n1cc(Br)cc1C(=O)N1CCC[C@H]1CO. The predicted molar refractivity (Wildman–Crippen MR) is 73.7 cm³/mol. The van der Waals surface area contributed by atoms with Crippen LogP contribution in [0.15, 0.2) is 16.7 Å². The van der Waals surface area contributed by atoms with Gasteiger partial charge in [-0.05, 0) is 48.7 Å². The Balaban J connectivity index is 2.28. The van der Waals surface area contributed by atoms with E-state index in [2.05, 4.69) is 29.8 Å². The van der Waals surface area contributed by atoms with Crippen LogP contribution in [0.1, 0.15) is 43.2 Å². The molecule has 5 heteroatoms. The number of hydrogen-bond donors (Lipinski definition) is 1. The molecule has 100 valence electrons. The van der Waals surface area contributed by atoms with Crippen molar-refractivity contribution in [1.29, 1.82) is 0 Å². The van der Waals surface area contributed by atoms with Crippen molar-refractivity contribution in [2.75, 3.05) is 13.2 Å². The monoisotopic (exact) mass is 314 g/mol. The summed E-state index contributed by atoms with van der Waals surface area (Å²) in [7, 11) is 0. The Kier molecular flexibility index (Phi) is 4.12. The highest BCUT2D eigenvalue weighted by atomic mass is 79.9. The summed E-state index contributed by atoms with van der Waals surface area (Å²) in [5, 5.41) is 9.31. The van der Waals surface area contributed by atoms with Crippen LogP contribution < -0.4 is 0 Å². The molecule has 1 aliphatic rings. The number of aliphatic hydroxyl groups is 1. The molecule has 0 saturated carbocycles. The van der Waals surface area contributed by atoms with E-state index in [9.17, 15) is 9.90 Å². The molecule has 1 aliphatic heterocycles. The lowest BCUT2D eigenvalue weighted by Crippen LogP contribution is -2.38. The fraction of sp³-hybridized carbons (Fsp3) is 0.615. The average Bonchev–Trinajstić information content (AvgIpc) is 2.93. The van der Waals surface area contributed by atoms with E-state index in [0.717, 1.165) is 23.9 Å². The van der Waals surface area contributed by atoms with E-state index in [1.807, 2.05) is 16.8 Å². The van der Waals surface area contributed by atoms with Gasteiger partial charge in [0.25, 0.3) is 5.91 Å². The highest BCUT2D eigenvalue weighted by Gasteiger charge is 2.30. The fourth-order valence-corrected chi connectivity index (χ4v) is 2.92. The van der Waals surface area contributed by atoms with Crippen LogP contribution in [-0.4, -0.2) is 39.7 Å². The molecule has 4 nitrogen and oxygen atoms in total. The molecule has 0 radical (unpaired) electrons. The number of carbonyl (C=O) groups is 1. The van der Waals surface area contributed by atoms with Crippen LogP contribution in [0.3, 0.4) is 0 Å². The summed E-state index contributed by atoms with van der Waals surface area (Å²) in [4.78, 5) is 14.3. The topological polar surface area (TPSA) is 45.5 Å². The minimum atomic E-state index is -0.0215. The number of aliphatic hydroxyl groups excluding tert-OH is 1. The summed E-state index contributed by atoms with van der Waals surface area (Å²) in [5.41, 5.74) is 0.692. The van der Waals surface area contributed by atoms with Gasteiger partial charge in [0.15, 0.2) is 0 Å². The molecule has 2 rings (SSSR count). The zero-order valence-electron chi connectivity index (χ0n) is 10.8. The largest absolute Gasteiger partial charge is 0.394 e. The third kappa shape index (κ3) is 2.47. The number of aromatic nitrogens is 1. The second kappa shape index (κ2) is 5.45. The van der Waals surface area contributed by atoms with Gasteiger partial charge in [-0.25, -0.2) is 0 Å². The van der Waals surface area contributed by atoms with Crippen molar-refractivity contribution < 1.29 is 9.90 Å². The van der Waals surface area contributed by atoms with E-state index < -0.39 is 0 Å². The van der Waals surface area contributed by atoms with Crippen LogP contribution in [-0.2, 0) is 0 Å². The first kappa shape index (κ1) is 13.6. The minimum absolute atomic E-state index is 0.0194. The highest BCUT2D eigenvalue weighted by molar-refractivity contribution is 9.10. The Morgan fingerprint density at radius 2 is 2.33 bits per heavy atom. The Morgan fingerprint density at radius 3 is 2.94 bits per heavy atom. The molecule has 1 atom stereocenters. The molecule has 1 amide bonds. The van der Waals surface area contributed by atoms with Crippen molar-refractivity contribution in [3.05, 3.63) is 22.4 Å². The fourth-order valence-electron chi connectivity index (χ4n) is 2.48. The summed E-state index contributed by atoms with van der Waals surface area (Å²) >= 11 is 3.42. The summed E-state index contributed by atoms with van der Waals surface area (Å²) < 4.78 is 2.89. The van der Waals surface area contributed by atoms with Crippen LogP contribution in [0.2, 0.25) is 0 Å². The van der Waals surface area contributed by atoms with E-state index in [-0.39, 0.29) is 24.6 Å². The van der Waals surface area contributed by atoms with Crippen LogP contribution in [0.5, 0.6) is 0 Å². The molecule has 1 N–H and O–H groups in total. The van der Waals surface area contributed by atoms with Crippen LogP contribution in [0.4, 0.5) is 0 Å². The van der Waals surface area contributed by atoms with Gasteiger partial charge in [0, 0.05) is 23.3 Å². The van der Waals surface area contributed by atoms with Gasteiger partial charge in [0.1, 0.15) is 5.69 Å². The van der Waals surface area contributed by atoms with Gasteiger partial charge >= 0.3 is 0 Å². The molecule has 2 heterocycles. The molecule has 0 aromatic carbocycles. The second-order valence-corrected chi connectivity index (χ2v) is 5.94. The molecule has 18 heavy (non-hydrogen) atoms. The standard InChI is InChI=1S/C13H19BrN2O2/c1-9(2)16-7-10(14)6-12(16)13(18)15-5-3-4-11(15)8-17/h6-7,9,11,17H,3-5,8H2,1-2H3/t11-/m0/s1. The first-order valence-electron chi connectivity index (χ1n) is 6.33. The normalized spacial score (nSPS) is 19.8. The number of amides is 1. The summed E-state index contributed by atoms with van der Waals surface area (Å²) in [6, 6.07) is 2.08. The number of nitrogens with zero attached hydrogens (tertiary/aromatic N) is 2. The molecule has 0 bridgehead atoms. The Morgan fingerprint density at radius 1 is 1.61 bits per heavy atom. The first-order chi connectivity index (χ1) is 8.54. The lowest BCUT2D eigenvalue weighted by molar-refractivity contribution is 0.0665. The molecule has 1 aromatic heterocycles. The molecule has 0 aliphatic carbocycles. The highest BCUT2D eigenvalue weighted by Crippen LogP contribution is 2.24. The van der Waals surface area contributed by atoms with Gasteiger partial charge < -0.3 is 14.6 Å². The third-order valence-corrected chi connectivity index (χ3v) is 3.87. The molecular formula is C13H19BrN2O2. The zero-order valence-corrected chi connectivity index (χ0v) is 12.4. The maximum atomic E-state index is 12.5. The van der Waals surface area contributed by atoms with Gasteiger partial charge in [-0.2, -0.15) is 0 Å². The van der Waals surface area contributed by atoms with Crippen molar-refractivity contribution in [3.8, 4) is 0 Å². The molecule has 1 aromatic rings. The summed E-state index contributed by atoms with van der Waals surface area (Å²) in [5.74, 6) is 0.0194. The van der Waals surface area contributed by atoms with Gasteiger partial charge in [-0.3, -0.25) is 4.79 Å². The van der Waals surface area contributed by atoms with Crippen molar-refractivity contribution in [1.82, 2.24) is 9.47 Å². The molecule has 0 unspecified atom stereocenters. The van der Waals surface area contributed by atoms with Crippen molar-refractivity contribution >= 4 is 21.8 Å².